The van der Waals surface area contributed by atoms with E-state index in [-0.39, 0.29) is 12.4 Å². The highest BCUT2D eigenvalue weighted by molar-refractivity contribution is 5.69. The van der Waals surface area contributed by atoms with Crippen molar-refractivity contribution in [2.24, 2.45) is 0 Å². The molecule has 156 valence electrons. The third-order valence-electron chi connectivity index (χ3n) is 5.46. The number of methoxy groups -OCH3 is 2. The summed E-state index contributed by atoms with van der Waals surface area (Å²) in [5, 5.41) is 16.7. The zero-order chi connectivity index (χ0) is 21.1. The fourth-order valence-electron chi connectivity index (χ4n) is 4.02. The maximum atomic E-state index is 13.6. The predicted molar refractivity (Wildman–Crippen MR) is 116 cm³/mol. The Kier molecular flexibility index (Phi) is 5.50. The Morgan fingerprint density at radius 2 is 1.73 bits per heavy atom. The average Bonchev–Trinajstić information content (AvgIpc) is 3.14. The molecular weight excluding hydrogens is 383 g/mol. The minimum absolute atomic E-state index is 0.0716. The highest BCUT2D eigenvalue weighted by Crippen LogP contribution is 2.42. The molecule has 1 aliphatic rings. The first kappa shape index (κ1) is 20.0. The number of benzene rings is 3. The Hall–Kier alpha value is -3.25. The summed E-state index contributed by atoms with van der Waals surface area (Å²) in [5.41, 5.74) is 4.19. The van der Waals surface area contributed by atoms with Crippen LogP contribution in [0.5, 0.6) is 11.5 Å². The number of hydrogen-bond donors (Lipinski definition) is 3. The van der Waals surface area contributed by atoms with E-state index in [2.05, 4.69) is 16.7 Å². The number of aliphatic hydroxyl groups is 1. The first-order chi connectivity index (χ1) is 14.6. The number of halogens is 1. The van der Waals surface area contributed by atoms with E-state index in [4.69, 9.17) is 9.47 Å². The molecule has 3 aromatic carbocycles. The maximum Gasteiger partial charge on any atom is 0.138 e. The molecule has 0 saturated heterocycles. The zero-order valence-electron chi connectivity index (χ0n) is 17.0. The number of hydrogen-bond acceptors (Lipinski definition) is 5. The molecule has 4 rings (SSSR count). The summed E-state index contributed by atoms with van der Waals surface area (Å²) < 4.78 is 24.5. The van der Waals surface area contributed by atoms with Gasteiger partial charge >= 0.3 is 0 Å². The molecule has 30 heavy (non-hydrogen) atoms. The highest BCUT2D eigenvalue weighted by Gasteiger charge is 2.39. The molecule has 3 N–H and O–H groups in total. The van der Waals surface area contributed by atoms with Crippen LogP contribution in [0.2, 0.25) is 0 Å². The van der Waals surface area contributed by atoms with E-state index in [0.717, 1.165) is 28.1 Å². The Balaban J connectivity index is 1.79. The first-order valence-corrected chi connectivity index (χ1v) is 9.84. The monoisotopic (exact) mass is 408 g/mol. The number of aliphatic hydroxyl groups excluding tert-OH is 1. The van der Waals surface area contributed by atoms with Crippen molar-refractivity contribution in [3.05, 3.63) is 83.2 Å². The summed E-state index contributed by atoms with van der Waals surface area (Å²) in [6.45, 7) is 0.0716. The number of ether oxygens (including phenoxy) is 2. The topological polar surface area (TPSA) is 62.8 Å². The molecule has 0 radical (unpaired) electrons. The predicted octanol–water partition coefficient (Wildman–Crippen LogP) is 4.31. The van der Waals surface area contributed by atoms with E-state index in [1.807, 2.05) is 30.3 Å². The molecule has 0 spiro atoms. The van der Waals surface area contributed by atoms with Crippen LogP contribution in [0.15, 0.2) is 60.7 Å². The average molecular weight is 408 g/mol. The van der Waals surface area contributed by atoms with Gasteiger partial charge in [-0.15, -0.1) is 0 Å². The Labute approximate surface area is 175 Å². The quantitative estimate of drug-likeness (QED) is 0.544. The number of anilines is 2. The van der Waals surface area contributed by atoms with Gasteiger partial charge in [0.25, 0.3) is 0 Å². The summed E-state index contributed by atoms with van der Waals surface area (Å²) in [5.74, 6) is 1.05. The third-order valence-corrected chi connectivity index (χ3v) is 5.46. The van der Waals surface area contributed by atoms with Crippen molar-refractivity contribution in [1.29, 1.82) is 0 Å². The molecule has 1 atom stereocenters. The Morgan fingerprint density at radius 1 is 1.03 bits per heavy atom. The van der Waals surface area contributed by atoms with Crippen LogP contribution in [0.3, 0.4) is 0 Å². The fraction of sp³-hybridized carbons (Fsp3) is 0.250. The number of fused-ring (bicyclic) bond motifs is 1. The van der Waals surface area contributed by atoms with Crippen molar-refractivity contribution >= 4 is 11.4 Å². The lowest BCUT2D eigenvalue weighted by atomic mass is 9.94. The van der Waals surface area contributed by atoms with Gasteiger partial charge in [0.15, 0.2) is 0 Å². The van der Waals surface area contributed by atoms with Crippen LogP contribution >= 0.6 is 0 Å². The van der Waals surface area contributed by atoms with Crippen LogP contribution in [0.25, 0.3) is 0 Å². The van der Waals surface area contributed by atoms with Gasteiger partial charge in [-0.2, -0.15) is 0 Å². The molecule has 0 aliphatic carbocycles. The minimum Gasteiger partial charge on any atom is -0.497 e. The molecule has 0 saturated carbocycles. The van der Waals surface area contributed by atoms with Gasteiger partial charge in [-0.05, 0) is 35.2 Å². The maximum absolute atomic E-state index is 13.6. The van der Waals surface area contributed by atoms with Crippen LogP contribution < -0.4 is 20.1 Å². The van der Waals surface area contributed by atoms with Crippen molar-refractivity contribution < 1.29 is 19.0 Å². The van der Waals surface area contributed by atoms with Gasteiger partial charge < -0.3 is 25.2 Å². The first-order valence-electron chi connectivity index (χ1n) is 9.84. The summed E-state index contributed by atoms with van der Waals surface area (Å²) in [6.07, 6.45) is 1.20. The van der Waals surface area contributed by atoms with Gasteiger partial charge in [0.2, 0.25) is 0 Å². The van der Waals surface area contributed by atoms with Gasteiger partial charge in [-0.25, -0.2) is 4.39 Å². The largest absolute Gasteiger partial charge is 0.497 e. The lowest BCUT2D eigenvalue weighted by molar-refractivity contribution is 0.300. The lowest BCUT2D eigenvalue weighted by Crippen LogP contribution is -2.41. The number of rotatable bonds is 7. The third kappa shape index (κ3) is 3.78. The molecule has 5 nitrogen and oxygen atoms in total. The van der Waals surface area contributed by atoms with Crippen molar-refractivity contribution in [2.45, 2.75) is 18.5 Å². The number of para-hydroxylation sites is 1. The Morgan fingerprint density at radius 3 is 2.37 bits per heavy atom. The molecule has 1 unspecified atom stereocenters. The van der Waals surface area contributed by atoms with Gasteiger partial charge in [0, 0.05) is 42.6 Å². The summed E-state index contributed by atoms with van der Waals surface area (Å²) >= 11 is 0. The number of nitrogens with one attached hydrogen (secondary N) is 2. The van der Waals surface area contributed by atoms with Crippen molar-refractivity contribution in [3.8, 4) is 11.5 Å². The van der Waals surface area contributed by atoms with E-state index in [1.54, 1.807) is 26.4 Å². The van der Waals surface area contributed by atoms with Crippen LogP contribution in [0, 0.1) is 5.82 Å². The molecule has 0 bridgehead atoms. The Bertz CT molecular complexity index is 1020. The second-order valence-electron chi connectivity index (χ2n) is 7.37. The summed E-state index contributed by atoms with van der Waals surface area (Å²) in [7, 11) is 3.22. The van der Waals surface area contributed by atoms with Gasteiger partial charge in [0.1, 0.15) is 23.0 Å². The molecule has 1 aliphatic heterocycles. The second-order valence-corrected chi connectivity index (χ2v) is 7.37. The van der Waals surface area contributed by atoms with E-state index in [0.29, 0.717) is 24.3 Å². The highest BCUT2D eigenvalue weighted by atomic mass is 19.1. The molecule has 6 heteroatoms. The normalized spacial score (nSPS) is 17.2. The smallest absolute Gasteiger partial charge is 0.138 e. The standard InChI is InChI=1S/C24H25FN2O3/c1-29-21-12-20(13-22(14-21)30-2)26-24(18-6-8-19(25)9-7-18)15-17-5-3-4-16(10-11-28)23(17)27-24/h3-9,12-14,26-28H,10-11,15H2,1-2H3. The SMILES string of the molecule is COc1cc(NC2(c3ccc(F)cc3)Cc3cccc(CCO)c3N2)cc(OC)c1. The van der Waals surface area contributed by atoms with Crippen LogP contribution in [0.4, 0.5) is 15.8 Å². The van der Waals surface area contributed by atoms with Crippen LogP contribution in [-0.2, 0) is 18.5 Å². The van der Waals surface area contributed by atoms with Crippen molar-refractivity contribution in [2.75, 3.05) is 31.5 Å². The van der Waals surface area contributed by atoms with E-state index < -0.39 is 5.66 Å². The summed E-state index contributed by atoms with van der Waals surface area (Å²) in [4.78, 5) is 0. The minimum atomic E-state index is -0.695. The van der Waals surface area contributed by atoms with E-state index in [9.17, 15) is 9.50 Å². The molecule has 3 aromatic rings. The molecule has 0 fully saturated rings. The molecular formula is C24H25FN2O3. The fourth-order valence-corrected chi connectivity index (χ4v) is 4.02. The molecule has 0 aromatic heterocycles. The van der Waals surface area contributed by atoms with Gasteiger partial charge in [-0.3, -0.25) is 0 Å². The lowest BCUT2D eigenvalue weighted by Gasteiger charge is -2.33. The van der Waals surface area contributed by atoms with Crippen molar-refractivity contribution in [3.63, 3.8) is 0 Å². The van der Waals surface area contributed by atoms with Crippen LogP contribution in [0.1, 0.15) is 16.7 Å². The van der Waals surface area contributed by atoms with Gasteiger partial charge in [-0.1, -0.05) is 30.3 Å². The van der Waals surface area contributed by atoms with Crippen molar-refractivity contribution in [1.82, 2.24) is 0 Å². The molecule has 1 heterocycles. The summed E-state index contributed by atoms with van der Waals surface area (Å²) in [6, 6.07) is 18.2. The van der Waals surface area contributed by atoms with Crippen LogP contribution in [-0.4, -0.2) is 25.9 Å². The molecule has 0 amide bonds. The zero-order valence-corrected chi connectivity index (χ0v) is 17.0. The second kappa shape index (κ2) is 8.24. The van der Waals surface area contributed by atoms with E-state index in [1.165, 1.54) is 12.1 Å². The van der Waals surface area contributed by atoms with E-state index >= 15 is 0 Å². The van der Waals surface area contributed by atoms with Gasteiger partial charge in [0.05, 0.1) is 14.2 Å².